The highest BCUT2D eigenvalue weighted by Gasteiger charge is 1.99. The first-order chi connectivity index (χ1) is 9.79. The number of nitriles is 1. The van der Waals surface area contributed by atoms with E-state index in [1.807, 2.05) is 55.5 Å². The Kier molecular flexibility index (Phi) is 5.16. The Bertz CT molecular complexity index is 588. The maximum atomic E-state index is 8.83. The van der Waals surface area contributed by atoms with Crippen molar-refractivity contribution in [3.63, 3.8) is 0 Å². The van der Waals surface area contributed by atoms with Crippen molar-refractivity contribution in [2.45, 2.75) is 13.5 Å². The SMILES string of the molecule is Cc1cc(C#N)ccc1CNCCOc1ccccc1. The van der Waals surface area contributed by atoms with E-state index in [2.05, 4.69) is 11.4 Å². The molecule has 0 aliphatic carbocycles. The summed E-state index contributed by atoms with van der Waals surface area (Å²) < 4.78 is 5.61. The number of nitrogens with zero attached hydrogens (tertiary/aromatic N) is 1. The molecule has 2 aromatic rings. The molecule has 0 saturated carbocycles. The van der Waals surface area contributed by atoms with Gasteiger partial charge in [0, 0.05) is 13.1 Å². The molecule has 0 saturated heterocycles. The molecule has 0 heterocycles. The van der Waals surface area contributed by atoms with Gasteiger partial charge >= 0.3 is 0 Å². The van der Waals surface area contributed by atoms with Crippen LogP contribution in [0.1, 0.15) is 16.7 Å². The van der Waals surface area contributed by atoms with Crippen molar-refractivity contribution in [2.24, 2.45) is 0 Å². The van der Waals surface area contributed by atoms with Gasteiger partial charge in [-0.05, 0) is 42.3 Å². The molecule has 0 bridgehead atoms. The van der Waals surface area contributed by atoms with Gasteiger partial charge in [-0.2, -0.15) is 5.26 Å². The molecule has 3 nitrogen and oxygen atoms in total. The Labute approximate surface area is 119 Å². The summed E-state index contributed by atoms with van der Waals surface area (Å²) in [6, 6.07) is 17.7. The third-order valence-electron chi connectivity index (χ3n) is 3.08. The molecule has 0 radical (unpaired) electrons. The second-order valence-electron chi connectivity index (χ2n) is 4.59. The van der Waals surface area contributed by atoms with Crippen molar-refractivity contribution >= 4 is 0 Å². The van der Waals surface area contributed by atoms with Crippen LogP contribution in [0.2, 0.25) is 0 Å². The third kappa shape index (κ3) is 4.11. The quantitative estimate of drug-likeness (QED) is 0.817. The monoisotopic (exact) mass is 266 g/mol. The van der Waals surface area contributed by atoms with E-state index in [4.69, 9.17) is 10.00 Å². The van der Waals surface area contributed by atoms with Crippen LogP contribution in [-0.2, 0) is 6.54 Å². The smallest absolute Gasteiger partial charge is 0.119 e. The number of nitrogens with one attached hydrogen (secondary N) is 1. The number of aryl methyl sites for hydroxylation is 1. The summed E-state index contributed by atoms with van der Waals surface area (Å²) in [6.07, 6.45) is 0. The molecule has 0 fully saturated rings. The molecular formula is C17H18N2O. The lowest BCUT2D eigenvalue weighted by Gasteiger charge is -2.09. The maximum absolute atomic E-state index is 8.83. The summed E-state index contributed by atoms with van der Waals surface area (Å²) in [5, 5.41) is 12.2. The maximum Gasteiger partial charge on any atom is 0.119 e. The van der Waals surface area contributed by atoms with Crippen LogP contribution in [0, 0.1) is 18.3 Å². The number of para-hydroxylation sites is 1. The number of benzene rings is 2. The zero-order chi connectivity index (χ0) is 14.2. The van der Waals surface area contributed by atoms with E-state index in [1.54, 1.807) is 0 Å². The highest BCUT2D eigenvalue weighted by molar-refractivity contribution is 5.37. The van der Waals surface area contributed by atoms with Gasteiger partial charge < -0.3 is 10.1 Å². The van der Waals surface area contributed by atoms with Gasteiger partial charge in [-0.1, -0.05) is 24.3 Å². The second-order valence-corrected chi connectivity index (χ2v) is 4.59. The molecule has 0 aromatic heterocycles. The molecule has 2 aromatic carbocycles. The minimum Gasteiger partial charge on any atom is -0.492 e. The fourth-order valence-electron chi connectivity index (χ4n) is 1.94. The van der Waals surface area contributed by atoms with Gasteiger partial charge in [0.25, 0.3) is 0 Å². The summed E-state index contributed by atoms with van der Waals surface area (Å²) in [5.41, 5.74) is 3.06. The third-order valence-corrected chi connectivity index (χ3v) is 3.08. The van der Waals surface area contributed by atoms with Gasteiger partial charge in [-0.3, -0.25) is 0 Å². The van der Waals surface area contributed by atoms with E-state index in [-0.39, 0.29) is 0 Å². The lowest BCUT2D eigenvalue weighted by atomic mass is 10.1. The molecule has 2 rings (SSSR count). The minimum absolute atomic E-state index is 0.638. The van der Waals surface area contributed by atoms with Crippen LogP contribution in [0.4, 0.5) is 0 Å². The van der Waals surface area contributed by atoms with Crippen molar-refractivity contribution in [3.8, 4) is 11.8 Å². The normalized spacial score (nSPS) is 10.0. The summed E-state index contributed by atoms with van der Waals surface area (Å²) in [6.45, 7) is 4.24. The summed E-state index contributed by atoms with van der Waals surface area (Å²) in [5.74, 6) is 0.892. The van der Waals surface area contributed by atoms with Crippen LogP contribution >= 0.6 is 0 Å². The first kappa shape index (κ1) is 14.1. The van der Waals surface area contributed by atoms with Crippen LogP contribution in [0.15, 0.2) is 48.5 Å². The average molecular weight is 266 g/mol. The molecule has 0 amide bonds. The van der Waals surface area contributed by atoms with E-state index >= 15 is 0 Å². The summed E-state index contributed by atoms with van der Waals surface area (Å²) in [7, 11) is 0. The average Bonchev–Trinajstić information content (AvgIpc) is 2.49. The van der Waals surface area contributed by atoms with E-state index in [0.717, 1.165) is 24.4 Å². The van der Waals surface area contributed by atoms with Crippen molar-refractivity contribution < 1.29 is 4.74 Å². The van der Waals surface area contributed by atoms with Crippen molar-refractivity contribution in [1.29, 1.82) is 5.26 Å². The van der Waals surface area contributed by atoms with Gasteiger partial charge in [-0.15, -0.1) is 0 Å². The standard InChI is InChI=1S/C17H18N2O/c1-14-11-15(12-18)7-8-16(14)13-19-9-10-20-17-5-3-2-4-6-17/h2-8,11,19H,9-10,13H2,1H3. The molecule has 0 aliphatic heterocycles. The van der Waals surface area contributed by atoms with Crippen molar-refractivity contribution in [3.05, 3.63) is 65.2 Å². The van der Waals surface area contributed by atoms with Crippen LogP contribution in [0.3, 0.4) is 0 Å². The number of hydrogen-bond acceptors (Lipinski definition) is 3. The van der Waals surface area contributed by atoms with Gasteiger partial charge in [0.2, 0.25) is 0 Å². The molecule has 102 valence electrons. The van der Waals surface area contributed by atoms with Crippen molar-refractivity contribution in [1.82, 2.24) is 5.32 Å². The highest BCUT2D eigenvalue weighted by atomic mass is 16.5. The largest absolute Gasteiger partial charge is 0.492 e. The number of ether oxygens (including phenoxy) is 1. The van der Waals surface area contributed by atoms with Crippen LogP contribution in [0.5, 0.6) is 5.75 Å². The zero-order valence-corrected chi connectivity index (χ0v) is 11.6. The molecule has 20 heavy (non-hydrogen) atoms. The molecule has 1 N–H and O–H groups in total. The van der Waals surface area contributed by atoms with E-state index in [1.165, 1.54) is 5.56 Å². The van der Waals surface area contributed by atoms with E-state index in [9.17, 15) is 0 Å². The molecular weight excluding hydrogens is 248 g/mol. The number of rotatable bonds is 6. The molecule has 3 heteroatoms. The fraction of sp³-hybridized carbons (Fsp3) is 0.235. The predicted octanol–water partition coefficient (Wildman–Crippen LogP) is 3.04. The molecule has 0 atom stereocenters. The van der Waals surface area contributed by atoms with E-state index in [0.29, 0.717) is 12.2 Å². The van der Waals surface area contributed by atoms with Gasteiger partial charge in [0.1, 0.15) is 12.4 Å². The highest BCUT2D eigenvalue weighted by Crippen LogP contribution is 2.10. The lowest BCUT2D eigenvalue weighted by molar-refractivity contribution is 0.313. The van der Waals surface area contributed by atoms with Crippen molar-refractivity contribution in [2.75, 3.05) is 13.2 Å². The minimum atomic E-state index is 0.638. The summed E-state index contributed by atoms with van der Waals surface area (Å²) in [4.78, 5) is 0. The molecule has 0 spiro atoms. The molecule has 0 aliphatic rings. The Morgan fingerprint density at radius 1 is 1.15 bits per heavy atom. The topological polar surface area (TPSA) is 45.0 Å². The summed E-state index contributed by atoms with van der Waals surface area (Å²) >= 11 is 0. The Morgan fingerprint density at radius 3 is 2.65 bits per heavy atom. The van der Waals surface area contributed by atoms with Gasteiger partial charge in [-0.25, -0.2) is 0 Å². The predicted molar refractivity (Wildman–Crippen MR) is 79.5 cm³/mol. The van der Waals surface area contributed by atoms with Crippen LogP contribution in [-0.4, -0.2) is 13.2 Å². The Balaban J connectivity index is 1.72. The zero-order valence-electron chi connectivity index (χ0n) is 11.6. The first-order valence-electron chi connectivity index (χ1n) is 6.68. The Morgan fingerprint density at radius 2 is 1.95 bits per heavy atom. The molecule has 0 unspecified atom stereocenters. The van der Waals surface area contributed by atoms with Gasteiger partial charge in [0.15, 0.2) is 0 Å². The number of hydrogen-bond donors (Lipinski definition) is 1. The second kappa shape index (κ2) is 7.32. The van der Waals surface area contributed by atoms with E-state index < -0.39 is 0 Å². The van der Waals surface area contributed by atoms with Gasteiger partial charge in [0.05, 0.1) is 11.6 Å². The first-order valence-corrected chi connectivity index (χ1v) is 6.68. The van der Waals surface area contributed by atoms with Crippen LogP contribution < -0.4 is 10.1 Å². The lowest BCUT2D eigenvalue weighted by Crippen LogP contribution is -2.21. The fourth-order valence-corrected chi connectivity index (χ4v) is 1.94. The Hall–Kier alpha value is -2.31. The van der Waals surface area contributed by atoms with Crippen LogP contribution in [0.25, 0.3) is 0 Å².